The number of unbranched alkanes of at least 4 members (excludes halogenated alkanes) is 1. The van der Waals surface area contributed by atoms with Crippen molar-refractivity contribution in [3.63, 3.8) is 0 Å². The standard InChI is InChI=1S/C8H10N.C4H9O.C2H5.BrH.Sn/c1-7(9)8-5-3-2-4-6-8;1-2-3-4-5;1-2;;/h2-5,7H,9H2,1H3;2-4H2,1H3;1H2,2H3;1H;/q;-1;;;+2/p-1. The van der Waals surface area contributed by atoms with E-state index in [1.54, 1.807) is 0 Å². The first-order valence-corrected chi connectivity index (χ1v) is 17.7. The molecule has 2 nitrogen and oxygen atoms in total. The van der Waals surface area contributed by atoms with Crippen molar-refractivity contribution < 1.29 is 3.07 Å². The van der Waals surface area contributed by atoms with Gasteiger partial charge in [-0.3, -0.25) is 0 Å². The van der Waals surface area contributed by atoms with Crippen molar-refractivity contribution in [2.45, 2.75) is 44.1 Å². The van der Waals surface area contributed by atoms with Crippen LogP contribution >= 0.6 is 12.7 Å². The van der Waals surface area contributed by atoms with E-state index >= 15 is 0 Å². The van der Waals surface area contributed by atoms with E-state index in [1.165, 1.54) is 15.6 Å². The van der Waals surface area contributed by atoms with Crippen molar-refractivity contribution in [1.82, 2.24) is 0 Å². The van der Waals surface area contributed by atoms with Crippen LogP contribution in [0.5, 0.6) is 0 Å². The van der Waals surface area contributed by atoms with E-state index in [4.69, 9.17) is 8.81 Å². The molecule has 0 fully saturated rings. The summed E-state index contributed by atoms with van der Waals surface area (Å²) in [5, 5.41) is 0. The van der Waals surface area contributed by atoms with Crippen LogP contribution in [0.2, 0.25) is 4.44 Å². The molecule has 0 spiro atoms. The number of benzene rings is 1. The van der Waals surface area contributed by atoms with Gasteiger partial charge in [-0.2, -0.15) is 0 Å². The van der Waals surface area contributed by atoms with Gasteiger partial charge in [0.25, 0.3) is 0 Å². The summed E-state index contributed by atoms with van der Waals surface area (Å²) in [4.78, 5) is 0. The molecule has 0 aliphatic rings. The predicted molar refractivity (Wildman–Crippen MR) is 84.7 cm³/mol. The van der Waals surface area contributed by atoms with Gasteiger partial charge in [0.15, 0.2) is 0 Å². The molecule has 1 rings (SSSR count). The second-order valence-corrected chi connectivity index (χ2v) is 21.8. The van der Waals surface area contributed by atoms with Crippen LogP contribution in [-0.2, 0) is 3.07 Å². The van der Waals surface area contributed by atoms with Gasteiger partial charge in [-0.1, -0.05) is 0 Å². The van der Waals surface area contributed by atoms with Crippen molar-refractivity contribution in [1.29, 1.82) is 0 Å². The third-order valence-corrected chi connectivity index (χ3v) is 19.4. The molecule has 4 heteroatoms. The second kappa shape index (κ2) is 7.87. The summed E-state index contributed by atoms with van der Waals surface area (Å²) in [6, 6.07) is 8.54. The van der Waals surface area contributed by atoms with E-state index in [9.17, 15) is 0 Å². The molecule has 0 radical (unpaired) electrons. The van der Waals surface area contributed by atoms with Crippen LogP contribution in [0.4, 0.5) is 0 Å². The van der Waals surface area contributed by atoms with Crippen LogP contribution < -0.4 is 9.31 Å². The van der Waals surface area contributed by atoms with E-state index < -0.39 is 16.6 Å². The molecule has 0 saturated carbocycles. The average Bonchev–Trinajstić information content (AvgIpc) is 2.38. The number of hydrogen-bond donors (Lipinski definition) is 1. The van der Waals surface area contributed by atoms with Crippen LogP contribution in [0.1, 0.15) is 45.2 Å². The summed E-state index contributed by atoms with van der Waals surface area (Å²) < 4.78 is 8.71. The minimum absolute atomic E-state index is 0.0659. The van der Waals surface area contributed by atoms with Gasteiger partial charge >= 0.3 is 122 Å². The number of rotatable bonds is 7. The van der Waals surface area contributed by atoms with Gasteiger partial charge in [0.1, 0.15) is 0 Å². The SMILES string of the molecule is CCCC[O][Sn]([Br])([CH2]C)[c]1ccccc1C(C)N. The Kier molecular flexibility index (Phi) is 7.21. The van der Waals surface area contributed by atoms with Crippen LogP contribution in [0.3, 0.4) is 0 Å². The molecule has 0 aliphatic carbocycles. The van der Waals surface area contributed by atoms with Gasteiger partial charge in [-0.15, -0.1) is 0 Å². The average molecular weight is 421 g/mol. The monoisotopic (exact) mass is 421 g/mol. The predicted octanol–water partition coefficient (Wildman–Crippen LogP) is 3.59. The van der Waals surface area contributed by atoms with E-state index in [2.05, 4.69) is 50.8 Å². The third kappa shape index (κ3) is 4.22. The molecular formula is C14H24BrNOSn. The molecular weight excluding hydrogens is 397 g/mol. The number of halogens is 1. The summed E-state index contributed by atoms with van der Waals surface area (Å²) >= 11 is 1.14. The van der Waals surface area contributed by atoms with Gasteiger partial charge in [0.05, 0.1) is 0 Å². The molecule has 0 heterocycles. The zero-order valence-corrected chi connectivity index (χ0v) is 16.0. The molecule has 2 unspecified atom stereocenters. The Labute approximate surface area is 121 Å². The van der Waals surface area contributed by atoms with Crippen molar-refractivity contribution >= 4 is 32.9 Å². The quantitative estimate of drug-likeness (QED) is 0.540. The van der Waals surface area contributed by atoms with Crippen LogP contribution in [0.25, 0.3) is 0 Å². The molecule has 18 heavy (non-hydrogen) atoms. The molecule has 0 bridgehead atoms. The summed E-state index contributed by atoms with van der Waals surface area (Å²) in [6.07, 6.45) is 2.30. The fourth-order valence-electron chi connectivity index (χ4n) is 1.98. The van der Waals surface area contributed by atoms with Crippen LogP contribution in [0.15, 0.2) is 24.3 Å². The van der Waals surface area contributed by atoms with Gasteiger partial charge in [0, 0.05) is 0 Å². The Balaban J connectivity index is 2.99. The molecule has 0 amide bonds. The maximum atomic E-state index is 6.27. The van der Waals surface area contributed by atoms with Crippen molar-refractivity contribution in [2.24, 2.45) is 5.73 Å². The molecule has 0 aliphatic heterocycles. The normalized spacial score (nSPS) is 16.3. The van der Waals surface area contributed by atoms with Gasteiger partial charge in [-0.05, 0) is 0 Å². The Morgan fingerprint density at radius 2 is 2.00 bits per heavy atom. The van der Waals surface area contributed by atoms with E-state index in [0.29, 0.717) is 0 Å². The van der Waals surface area contributed by atoms with Crippen molar-refractivity contribution in [3.05, 3.63) is 29.8 Å². The molecule has 2 atom stereocenters. The van der Waals surface area contributed by atoms with Crippen LogP contribution in [0, 0.1) is 0 Å². The third-order valence-electron chi connectivity index (χ3n) is 3.14. The summed E-state index contributed by atoms with van der Waals surface area (Å²) in [5.74, 6) is 0. The van der Waals surface area contributed by atoms with Crippen LogP contribution in [-0.4, -0.2) is 23.2 Å². The minimum atomic E-state index is -2.83. The molecule has 1 aromatic carbocycles. The van der Waals surface area contributed by atoms with E-state index in [1.807, 2.05) is 6.92 Å². The van der Waals surface area contributed by atoms with E-state index in [-0.39, 0.29) is 6.04 Å². The number of nitrogens with two attached hydrogens (primary N) is 1. The van der Waals surface area contributed by atoms with Gasteiger partial charge in [0.2, 0.25) is 0 Å². The molecule has 2 N–H and O–H groups in total. The number of hydrogen-bond acceptors (Lipinski definition) is 2. The Morgan fingerprint density at radius 1 is 1.33 bits per heavy atom. The first kappa shape index (κ1) is 16.5. The topological polar surface area (TPSA) is 35.2 Å². The fraction of sp³-hybridized carbons (Fsp3) is 0.571. The Hall–Kier alpha value is 0.419. The maximum absolute atomic E-state index is 6.27. The summed E-state index contributed by atoms with van der Waals surface area (Å²) in [5.41, 5.74) is 7.32. The molecule has 0 aromatic heterocycles. The van der Waals surface area contributed by atoms with Gasteiger partial charge in [-0.25, -0.2) is 0 Å². The first-order chi connectivity index (χ1) is 8.55. The first-order valence-electron chi connectivity index (χ1n) is 6.73. The van der Waals surface area contributed by atoms with E-state index in [0.717, 1.165) is 17.5 Å². The van der Waals surface area contributed by atoms with Crippen molar-refractivity contribution in [2.75, 3.05) is 6.61 Å². The summed E-state index contributed by atoms with van der Waals surface area (Å²) in [6.45, 7) is 7.31. The molecule has 1 aromatic rings. The van der Waals surface area contributed by atoms with Crippen molar-refractivity contribution in [3.8, 4) is 0 Å². The summed E-state index contributed by atoms with van der Waals surface area (Å²) in [7, 11) is 0. The van der Waals surface area contributed by atoms with Gasteiger partial charge < -0.3 is 0 Å². The Morgan fingerprint density at radius 3 is 2.56 bits per heavy atom. The fourth-order valence-corrected chi connectivity index (χ4v) is 12.0. The zero-order valence-electron chi connectivity index (χ0n) is 11.6. The zero-order chi connectivity index (χ0) is 13.6. The molecule has 0 saturated heterocycles. The Bertz CT molecular complexity index is 373. The second-order valence-electron chi connectivity index (χ2n) is 4.66. The molecule has 102 valence electrons.